The Kier molecular flexibility index (Phi) is 3.48. The Hall–Kier alpha value is -1.85. The average molecular weight is 273 g/mol. The third-order valence-electron chi connectivity index (χ3n) is 2.93. The van der Waals surface area contributed by atoms with Crippen molar-refractivity contribution in [1.29, 1.82) is 0 Å². The molecule has 3 aromatic heterocycles. The normalized spacial score (nSPS) is 11.0. The van der Waals surface area contributed by atoms with Crippen LogP contribution in [0.4, 0.5) is 0 Å². The Morgan fingerprint density at radius 1 is 1.32 bits per heavy atom. The summed E-state index contributed by atoms with van der Waals surface area (Å²) in [6.45, 7) is 3.57. The summed E-state index contributed by atoms with van der Waals surface area (Å²) in [5.41, 5.74) is 3.37. The van der Waals surface area contributed by atoms with Crippen LogP contribution in [0, 0.1) is 6.92 Å². The van der Waals surface area contributed by atoms with Crippen LogP contribution in [0.1, 0.15) is 16.9 Å². The van der Waals surface area contributed by atoms with Gasteiger partial charge in [-0.15, -0.1) is 0 Å². The molecule has 0 fully saturated rings. The van der Waals surface area contributed by atoms with Gasteiger partial charge in [0.25, 0.3) is 0 Å². The summed E-state index contributed by atoms with van der Waals surface area (Å²) < 4.78 is 5.62. The minimum Gasteiger partial charge on any atom is -0.460 e. The van der Waals surface area contributed by atoms with E-state index in [4.69, 9.17) is 4.42 Å². The maximum absolute atomic E-state index is 5.62. The van der Waals surface area contributed by atoms with Crippen molar-refractivity contribution in [3.05, 3.63) is 52.0 Å². The van der Waals surface area contributed by atoms with Crippen LogP contribution in [0.2, 0.25) is 0 Å². The van der Waals surface area contributed by atoms with Gasteiger partial charge in [-0.2, -0.15) is 16.4 Å². The zero-order valence-corrected chi connectivity index (χ0v) is 11.5. The highest BCUT2D eigenvalue weighted by Crippen LogP contribution is 2.23. The lowest BCUT2D eigenvalue weighted by Gasteiger charge is -2.03. The van der Waals surface area contributed by atoms with Crippen molar-refractivity contribution < 1.29 is 4.42 Å². The van der Waals surface area contributed by atoms with E-state index in [1.807, 2.05) is 25.3 Å². The molecule has 0 aromatic carbocycles. The molecule has 0 unspecified atom stereocenters. The third kappa shape index (κ3) is 2.77. The van der Waals surface area contributed by atoms with Crippen molar-refractivity contribution in [3.8, 4) is 11.5 Å². The molecule has 2 N–H and O–H groups in total. The van der Waals surface area contributed by atoms with Gasteiger partial charge in [0.05, 0.1) is 6.20 Å². The topological polar surface area (TPSA) is 53.9 Å². The average Bonchev–Trinajstić information content (AvgIpc) is 3.10. The molecule has 0 spiro atoms. The van der Waals surface area contributed by atoms with Gasteiger partial charge in [-0.3, -0.25) is 5.10 Å². The fourth-order valence-corrected chi connectivity index (χ4v) is 2.63. The Balaban J connectivity index is 1.67. The van der Waals surface area contributed by atoms with Crippen LogP contribution in [-0.4, -0.2) is 10.2 Å². The molecule has 0 radical (unpaired) electrons. The van der Waals surface area contributed by atoms with E-state index in [9.17, 15) is 0 Å². The molecule has 0 aliphatic heterocycles. The van der Waals surface area contributed by atoms with Crippen LogP contribution in [0.3, 0.4) is 0 Å². The Morgan fingerprint density at radius 2 is 2.26 bits per heavy atom. The Morgan fingerprint density at radius 3 is 3.00 bits per heavy atom. The lowest BCUT2D eigenvalue weighted by atomic mass is 10.2. The highest BCUT2D eigenvalue weighted by molar-refractivity contribution is 7.07. The fraction of sp³-hybridized carbons (Fsp3) is 0.214. The van der Waals surface area contributed by atoms with Gasteiger partial charge in [0, 0.05) is 18.7 Å². The van der Waals surface area contributed by atoms with Gasteiger partial charge in [-0.05, 0) is 41.4 Å². The van der Waals surface area contributed by atoms with Gasteiger partial charge in [0.1, 0.15) is 11.5 Å². The van der Waals surface area contributed by atoms with Gasteiger partial charge >= 0.3 is 0 Å². The highest BCUT2D eigenvalue weighted by Gasteiger charge is 2.10. The second kappa shape index (κ2) is 5.42. The van der Waals surface area contributed by atoms with Crippen LogP contribution in [0.25, 0.3) is 11.5 Å². The number of thiophene rings is 1. The van der Waals surface area contributed by atoms with Crippen molar-refractivity contribution in [2.75, 3.05) is 0 Å². The second-order valence-corrected chi connectivity index (χ2v) is 5.20. The number of nitrogens with one attached hydrogen (secondary N) is 2. The predicted octanol–water partition coefficient (Wildman–Crippen LogP) is 3.33. The van der Waals surface area contributed by atoms with Crippen LogP contribution < -0.4 is 5.32 Å². The van der Waals surface area contributed by atoms with E-state index in [-0.39, 0.29) is 0 Å². The molecule has 3 rings (SSSR count). The number of H-pyrrole nitrogens is 1. The lowest BCUT2D eigenvalue weighted by Crippen LogP contribution is -2.12. The number of rotatable bonds is 5. The van der Waals surface area contributed by atoms with Crippen molar-refractivity contribution in [2.24, 2.45) is 0 Å². The van der Waals surface area contributed by atoms with Crippen molar-refractivity contribution in [2.45, 2.75) is 20.0 Å². The number of hydrogen-bond acceptors (Lipinski definition) is 4. The van der Waals surface area contributed by atoms with E-state index < -0.39 is 0 Å². The molecule has 0 aliphatic rings. The van der Waals surface area contributed by atoms with E-state index in [1.54, 1.807) is 11.3 Å². The van der Waals surface area contributed by atoms with E-state index >= 15 is 0 Å². The first-order chi connectivity index (χ1) is 9.33. The maximum atomic E-state index is 5.62. The SMILES string of the molecule is Cc1ccc(-c2[nH]ncc2CNCc2ccsc2)o1. The first kappa shape index (κ1) is 12.2. The van der Waals surface area contributed by atoms with Gasteiger partial charge < -0.3 is 9.73 Å². The Bertz CT molecular complexity index is 639. The number of nitrogens with zero attached hydrogens (tertiary/aromatic N) is 1. The molecule has 19 heavy (non-hydrogen) atoms. The van der Waals surface area contributed by atoms with Gasteiger partial charge in [-0.1, -0.05) is 0 Å². The molecule has 98 valence electrons. The minimum absolute atomic E-state index is 0.765. The zero-order valence-electron chi connectivity index (χ0n) is 10.6. The fourth-order valence-electron chi connectivity index (χ4n) is 1.96. The molecule has 0 amide bonds. The number of aromatic nitrogens is 2. The summed E-state index contributed by atoms with van der Waals surface area (Å²) in [6.07, 6.45) is 1.84. The third-order valence-corrected chi connectivity index (χ3v) is 3.66. The molecule has 3 aromatic rings. The highest BCUT2D eigenvalue weighted by atomic mass is 32.1. The first-order valence-electron chi connectivity index (χ1n) is 6.14. The Labute approximate surface area is 115 Å². The van der Waals surface area contributed by atoms with Gasteiger partial charge in [0.2, 0.25) is 0 Å². The van der Waals surface area contributed by atoms with Crippen LogP contribution in [0.15, 0.2) is 39.6 Å². The van der Waals surface area contributed by atoms with E-state index in [2.05, 4.69) is 32.3 Å². The number of aryl methyl sites for hydroxylation is 1. The summed E-state index contributed by atoms with van der Waals surface area (Å²) in [6, 6.07) is 6.05. The van der Waals surface area contributed by atoms with Crippen LogP contribution in [0.5, 0.6) is 0 Å². The van der Waals surface area contributed by atoms with Crippen LogP contribution in [-0.2, 0) is 13.1 Å². The van der Waals surface area contributed by atoms with E-state index in [0.29, 0.717) is 0 Å². The quantitative estimate of drug-likeness (QED) is 0.749. The summed E-state index contributed by atoms with van der Waals surface area (Å²) in [5.74, 6) is 1.74. The largest absolute Gasteiger partial charge is 0.460 e. The van der Waals surface area contributed by atoms with E-state index in [0.717, 1.165) is 35.9 Å². The predicted molar refractivity (Wildman–Crippen MR) is 75.9 cm³/mol. The first-order valence-corrected chi connectivity index (χ1v) is 7.08. The van der Waals surface area contributed by atoms with Crippen LogP contribution >= 0.6 is 11.3 Å². The summed E-state index contributed by atoms with van der Waals surface area (Å²) in [7, 11) is 0. The number of aromatic amines is 1. The molecule has 0 aliphatic carbocycles. The summed E-state index contributed by atoms with van der Waals surface area (Å²) >= 11 is 1.72. The van der Waals surface area contributed by atoms with Gasteiger partial charge in [0.15, 0.2) is 5.76 Å². The molecule has 0 bridgehead atoms. The molecular formula is C14H15N3OS. The zero-order chi connectivity index (χ0) is 13.1. The smallest absolute Gasteiger partial charge is 0.152 e. The maximum Gasteiger partial charge on any atom is 0.152 e. The minimum atomic E-state index is 0.765. The summed E-state index contributed by atoms with van der Waals surface area (Å²) in [5, 5.41) is 14.8. The van der Waals surface area contributed by atoms with Crippen molar-refractivity contribution in [3.63, 3.8) is 0 Å². The molecule has 4 nitrogen and oxygen atoms in total. The second-order valence-electron chi connectivity index (χ2n) is 4.42. The molecule has 0 saturated heterocycles. The van der Waals surface area contributed by atoms with Crippen molar-refractivity contribution >= 4 is 11.3 Å². The monoisotopic (exact) mass is 273 g/mol. The molecule has 3 heterocycles. The van der Waals surface area contributed by atoms with E-state index in [1.165, 1.54) is 5.56 Å². The summed E-state index contributed by atoms with van der Waals surface area (Å²) in [4.78, 5) is 0. The molecule has 0 saturated carbocycles. The molecular weight excluding hydrogens is 258 g/mol. The standard InChI is InChI=1S/C14H15N3OS/c1-10-2-3-13(18-10)14-12(8-16-17-14)7-15-6-11-4-5-19-9-11/h2-5,8-9,15H,6-7H2,1H3,(H,16,17). The van der Waals surface area contributed by atoms with Crippen molar-refractivity contribution in [1.82, 2.24) is 15.5 Å². The molecule has 5 heteroatoms. The molecule has 0 atom stereocenters. The number of furan rings is 1. The lowest BCUT2D eigenvalue weighted by molar-refractivity contribution is 0.545. The van der Waals surface area contributed by atoms with Gasteiger partial charge in [-0.25, -0.2) is 0 Å². The number of hydrogen-bond donors (Lipinski definition) is 2.